The lowest BCUT2D eigenvalue weighted by Gasteiger charge is -2.25. The van der Waals surface area contributed by atoms with Crippen molar-refractivity contribution in [1.29, 1.82) is 0 Å². The molecule has 2 aliphatic heterocycles. The Bertz CT molecular complexity index is 407. The Kier molecular flexibility index (Phi) is 2.73. The van der Waals surface area contributed by atoms with Gasteiger partial charge in [-0.1, -0.05) is 30.3 Å². The highest BCUT2D eigenvalue weighted by atomic mass is 16.6. The predicted molar refractivity (Wildman–Crippen MR) is 62.5 cm³/mol. The number of hydrogen-bond donors (Lipinski definition) is 0. The summed E-state index contributed by atoms with van der Waals surface area (Å²) in [5.41, 5.74) is 1.02. The van der Waals surface area contributed by atoms with Crippen molar-refractivity contribution in [2.75, 3.05) is 13.1 Å². The molecule has 1 amide bonds. The van der Waals surface area contributed by atoms with Gasteiger partial charge in [-0.05, 0) is 12.0 Å². The molecule has 2 unspecified atom stereocenters. The van der Waals surface area contributed by atoms with Crippen LogP contribution >= 0.6 is 0 Å². The normalized spacial score (nSPS) is 26.2. The Morgan fingerprint density at radius 3 is 2.88 bits per heavy atom. The minimum Gasteiger partial charge on any atom is -0.445 e. The van der Waals surface area contributed by atoms with E-state index in [1.165, 1.54) is 0 Å². The third kappa shape index (κ3) is 2.13. The van der Waals surface area contributed by atoms with Gasteiger partial charge in [-0.2, -0.15) is 0 Å². The van der Waals surface area contributed by atoms with Crippen molar-refractivity contribution < 1.29 is 9.53 Å². The fourth-order valence-corrected chi connectivity index (χ4v) is 2.49. The molecule has 1 aromatic carbocycles. The number of amides is 1. The predicted octanol–water partition coefficient (Wildman–Crippen LogP) is 1.38. The molecule has 17 heavy (non-hydrogen) atoms. The monoisotopic (exact) mass is 231 g/mol. The van der Waals surface area contributed by atoms with Gasteiger partial charge in [-0.25, -0.2) is 10.1 Å². The molecule has 2 saturated heterocycles. The summed E-state index contributed by atoms with van der Waals surface area (Å²) in [5.74, 6) is 0. The lowest BCUT2D eigenvalue weighted by atomic mass is 10.2. The number of ether oxygens (including phenoxy) is 1. The number of nitrogens with zero attached hydrogens (tertiary/aromatic N) is 2. The molecule has 4 nitrogen and oxygen atoms in total. The summed E-state index contributed by atoms with van der Waals surface area (Å²) in [5, 5.41) is 4.41. The van der Waals surface area contributed by atoms with Crippen LogP contribution in [-0.4, -0.2) is 36.2 Å². The van der Waals surface area contributed by atoms with E-state index < -0.39 is 0 Å². The summed E-state index contributed by atoms with van der Waals surface area (Å²) < 4.78 is 5.31. The Balaban J connectivity index is 1.54. The van der Waals surface area contributed by atoms with E-state index in [4.69, 9.17) is 4.74 Å². The average Bonchev–Trinajstić information content (AvgIpc) is 2.99. The molecule has 0 aromatic heterocycles. The summed E-state index contributed by atoms with van der Waals surface area (Å²) in [4.78, 5) is 13.7. The number of likely N-dealkylation sites (tertiary alicyclic amines) is 1. The summed E-state index contributed by atoms with van der Waals surface area (Å²) in [6.07, 6.45) is 0.816. The Hall–Kier alpha value is -1.55. The van der Waals surface area contributed by atoms with Gasteiger partial charge in [-0.3, -0.25) is 0 Å². The van der Waals surface area contributed by atoms with Crippen LogP contribution in [0, 0.1) is 0 Å². The maximum Gasteiger partial charge on any atom is 0.410 e. The molecule has 1 radical (unpaired) electrons. The molecule has 89 valence electrons. The number of carbonyl (C=O) groups excluding carboxylic acids is 1. The first-order chi connectivity index (χ1) is 8.33. The van der Waals surface area contributed by atoms with Crippen molar-refractivity contribution in [3.8, 4) is 0 Å². The number of hydrogen-bond acceptors (Lipinski definition) is 2. The third-order valence-corrected chi connectivity index (χ3v) is 3.41. The van der Waals surface area contributed by atoms with Crippen LogP contribution in [0.15, 0.2) is 30.3 Å². The molecule has 0 spiro atoms. The summed E-state index contributed by atoms with van der Waals surface area (Å²) >= 11 is 0. The van der Waals surface area contributed by atoms with Gasteiger partial charge >= 0.3 is 6.09 Å². The maximum absolute atomic E-state index is 11.9. The standard InChI is InChI=1S/C13H15N2O2/c16-13(15-8-11-6-12(15)7-14-11)17-9-10-4-2-1-3-5-10/h1-5,11-12H,6-9H2. The minimum absolute atomic E-state index is 0.198. The first-order valence-corrected chi connectivity index (χ1v) is 5.97. The molecule has 1 aromatic rings. The van der Waals surface area contributed by atoms with Gasteiger partial charge in [0.2, 0.25) is 0 Å². The number of benzene rings is 1. The van der Waals surface area contributed by atoms with Crippen molar-refractivity contribution in [3.05, 3.63) is 35.9 Å². The van der Waals surface area contributed by atoms with E-state index >= 15 is 0 Å². The van der Waals surface area contributed by atoms with Crippen molar-refractivity contribution in [1.82, 2.24) is 10.2 Å². The average molecular weight is 231 g/mol. The van der Waals surface area contributed by atoms with Gasteiger partial charge in [0.05, 0.1) is 6.04 Å². The van der Waals surface area contributed by atoms with Gasteiger partial charge in [0.1, 0.15) is 6.61 Å². The number of rotatable bonds is 2. The van der Waals surface area contributed by atoms with Crippen LogP contribution in [0.25, 0.3) is 0 Å². The van der Waals surface area contributed by atoms with Crippen LogP contribution in [0.5, 0.6) is 0 Å². The minimum atomic E-state index is -0.198. The van der Waals surface area contributed by atoms with Crippen molar-refractivity contribution in [2.45, 2.75) is 25.1 Å². The zero-order valence-corrected chi connectivity index (χ0v) is 9.58. The smallest absolute Gasteiger partial charge is 0.410 e. The van der Waals surface area contributed by atoms with Crippen LogP contribution < -0.4 is 5.32 Å². The Morgan fingerprint density at radius 1 is 1.41 bits per heavy atom. The topological polar surface area (TPSA) is 43.6 Å². The first kappa shape index (κ1) is 10.6. The molecule has 0 saturated carbocycles. The van der Waals surface area contributed by atoms with E-state index in [1.54, 1.807) is 0 Å². The zero-order chi connectivity index (χ0) is 11.7. The lowest BCUT2D eigenvalue weighted by Crippen LogP contribution is -2.44. The second-order valence-corrected chi connectivity index (χ2v) is 4.60. The molecule has 4 heteroatoms. The van der Waals surface area contributed by atoms with Gasteiger partial charge in [-0.15, -0.1) is 0 Å². The van der Waals surface area contributed by atoms with E-state index in [9.17, 15) is 4.79 Å². The van der Waals surface area contributed by atoms with Crippen LogP contribution in [-0.2, 0) is 11.3 Å². The van der Waals surface area contributed by atoms with E-state index in [1.807, 2.05) is 35.2 Å². The van der Waals surface area contributed by atoms with Crippen LogP contribution in [0.4, 0.5) is 4.79 Å². The molecular weight excluding hydrogens is 216 g/mol. The molecule has 2 heterocycles. The first-order valence-electron chi connectivity index (χ1n) is 5.97. The quantitative estimate of drug-likeness (QED) is 0.772. The number of piperazine rings is 1. The van der Waals surface area contributed by atoms with E-state index in [0.29, 0.717) is 12.6 Å². The van der Waals surface area contributed by atoms with Crippen molar-refractivity contribution >= 4 is 6.09 Å². The summed E-state index contributed by atoms with van der Waals surface area (Å²) in [7, 11) is 0. The Labute approximate surface area is 101 Å². The van der Waals surface area contributed by atoms with Crippen molar-refractivity contribution in [2.24, 2.45) is 0 Å². The van der Waals surface area contributed by atoms with Crippen molar-refractivity contribution in [3.63, 3.8) is 0 Å². The zero-order valence-electron chi connectivity index (χ0n) is 9.58. The van der Waals surface area contributed by atoms with Crippen LogP contribution in [0.2, 0.25) is 0 Å². The maximum atomic E-state index is 11.9. The second kappa shape index (κ2) is 4.37. The lowest BCUT2D eigenvalue weighted by molar-refractivity contribution is 0.0876. The van der Waals surface area contributed by atoms with Gasteiger partial charge in [0.25, 0.3) is 0 Å². The van der Waals surface area contributed by atoms with E-state index in [2.05, 4.69) is 5.32 Å². The fraction of sp³-hybridized carbons (Fsp3) is 0.462. The number of fused-ring (bicyclic) bond motifs is 2. The highest BCUT2D eigenvalue weighted by molar-refractivity contribution is 5.69. The molecule has 3 rings (SSSR count). The van der Waals surface area contributed by atoms with E-state index in [0.717, 1.165) is 25.1 Å². The second-order valence-electron chi connectivity index (χ2n) is 4.60. The van der Waals surface area contributed by atoms with Gasteiger partial charge in [0, 0.05) is 19.1 Å². The highest BCUT2D eigenvalue weighted by Crippen LogP contribution is 2.25. The van der Waals surface area contributed by atoms with Gasteiger partial charge < -0.3 is 9.64 Å². The van der Waals surface area contributed by atoms with Crippen LogP contribution in [0.3, 0.4) is 0 Å². The highest BCUT2D eigenvalue weighted by Gasteiger charge is 2.41. The largest absolute Gasteiger partial charge is 0.445 e. The molecule has 0 N–H and O–H groups in total. The summed E-state index contributed by atoms with van der Waals surface area (Å²) in [6.45, 7) is 1.87. The van der Waals surface area contributed by atoms with Crippen LogP contribution in [0.1, 0.15) is 12.0 Å². The molecule has 0 aliphatic carbocycles. The summed E-state index contributed by atoms with van der Waals surface area (Å²) in [6, 6.07) is 10.4. The SMILES string of the molecule is O=C(OCc1ccccc1)N1CC2CC1C[N]2. The fourth-order valence-electron chi connectivity index (χ4n) is 2.49. The molecule has 2 aliphatic rings. The molecule has 2 atom stereocenters. The molecular formula is C13H15N2O2. The molecule has 2 bridgehead atoms. The third-order valence-electron chi connectivity index (χ3n) is 3.41. The molecule has 2 fully saturated rings. The van der Waals surface area contributed by atoms with E-state index in [-0.39, 0.29) is 12.1 Å². The number of carbonyl (C=O) groups is 1. The van der Waals surface area contributed by atoms with Gasteiger partial charge in [0.15, 0.2) is 0 Å². The Morgan fingerprint density at radius 2 is 2.24 bits per heavy atom.